The van der Waals surface area contributed by atoms with Crippen molar-refractivity contribution in [3.05, 3.63) is 78.4 Å². The number of sulfonamides is 1. The highest BCUT2D eigenvalue weighted by Crippen LogP contribution is 2.28. The Morgan fingerprint density at radius 1 is 0.853 bits per heavy atom. The van der Waals surface area contributed by atoms with Crippen LogP contribution in [-0.2, 0) is 21.2 Å². The number of carbonyl (C=O) groups is 1. The fourth-order valence-electron chi connectivity index (χ4n) is 3.35. The van der Waals surface area contributed by atoms with Crippen LogP contribution < -0.4 is 23.8 Å². The third-order valence-electron chi connectivity index (χ3n) is 5.16. The lowest BCUT2D eigenvalue weighted by molar-refractivity contribution is -0.119. The van der Waals surface area contributed by atoms with Crippen LogP contribution in [0.25, 0.3) is 0 Å². The van der Waals surface area contributed by atoms with Crippen molar-refractivity contribution in [2.24, 2.45) is 0 Å². The lowest BCUT2D eigenvalue weighted by Gasteiger charge is -2.24. The predicted octanol–water partition coefficient (Wildman–Crippen LogP) is 3.27. The van der Waals surface area contributed by atoms with Crippen molar-refractivity contribution in [3.8, 4) is 17.2 Å². The van der Waals surface area contributed by atoms with E-state index in [1.807, 2.05) is 12.1 Å². The van der Waals surface area contributed by atoms with Crippen LogP contribution in [0.1, 0.15) is 5.56 Å². The van der Waals surface area contributed by atoms with Crippen LogP contribution in [0.4, 0.5) is 5.69 Å². The first-order valence-electron chi connectivity index (χ1n) is 10.6. The minimum absolute atomic E-state index is 0.101. The van der Waals surface area contributed by atoms with Gasteiger partial charge in [-0.05, 0) is 60.5 Å². The number of anilines is 1. The highest BCUT2D eigenvalue weighted by molar-refractivity contribution is 7.92. The topological polar surface area (TPSA) is 94.2 Å². The molecule has 3 aromatic rings. The molecule has 0 aromatic heterocycles. The molecule has 34 heavy (non-hydrogen) atoms. The molecule has 3 aromatic carbocycles. The Balaban J connectivity index is 1.73. The second kappa shape index (κ2) is 11.4. The summed E-state index contributed by atoms with van der Waals surface area (Å²) in [4.78, 5) is 12.9. The lowest BCUT2D eigenvalue weighted by atomic mass is 10.1. The number of benzene rings is 3. The Hall–Kier alpha value is -3.72. The summed E-state index contributed by atoms with van der Waals surface area (Å²) >= 11 is 0. The summed E-state index contributed by atoms with van der Waals surface area (Å²) in [5.74, 6) is 1.39. The number of carbonyl (C=O) groups excluding carboxylic acids is 1. The van der Waals surface area contributed by atoms with Crippen LogP contribution in [0, 0.1) is 0 Å². The second-order valence-electron chi connectivity index (χ2n) is 7.31. The molecule has 0 aliphatic heterocycles. The number of ether oxygens (including phenoxy) is 3. The Bertz CT molecular complexity index is 1200. The number of hydrogen-bond acceptors (Lipinski definition) is 6. The van der Waals surface area contributed by atoms with E-state index in [-0.39, 0.29) is 11.4 Å². The highest BCUT2D eigenvalue weighted by Gasteiger charge is 2.27. The molecule has 180 valence electrons. The minimum atomic E-state index is -3.96. The molecule has 0 aliphatic carbocycles. The molecular weight excluding hydrogens is 456 g/mol. The van der Waals surface area contributed by atoms with Gasteiger partial charge >= 0.3 is 0 Å². The zero-order valence-corrected chi connectivity index (χ0v) is 20.2. The van der Waals surface area contributed by atoms with Gasteiger partial charge in [0.15, 0.2) is 11.5 Å². The molecule has 1 N–H and O–H groups in total. The molecule has 8 nitrogen and oxygen atoms in total. The molecule has 0 radical (unpaired) electrons. The van der Waals surface area contributed by atoms with Crippen LogP contribution >= 0.6 is 0 Å². The van der Waals surface area contributed by atoms with Crippen molar-refractivity contribution < 1.29 is 27.4 Å². The van der Waals surface area contributed by atoms with E-state index in [0.717, 1.165) is 9.87 Å². The summed E-state index contributed by atoms with van der Waals surface area (Å²) < 4.78 is 43.5. The number of hydrogen-bond donors (Lipinski definition) is 1. The second-order valence-corrected chi connectivity index (χ2v) is 9.17. The maximum atomic E-state index is 13.3. The van der Waals surface area contributed by atoms with Crippen molar-refractivity contribution in [3.63, 3.8) is 0 Å². The van der Waals surface area contributed by atoms with Crippen molar-refractivity contribution >= 4 is 21.6 Å². The number of methoxy groups -OCH3 is 3. The van der Waals surface area contributed by atoms with E-state index in [4.69, 9.17) is 14.2 Å². The van der Waals surface area contributed by atoms with Crippen molar-refractivity contribution in [2.75, 3.05) is 38.7 Å². The first-order valence-corrected chi connectivity index (χ1v) is 12.0. The predicted molar refractivity (Wildman–Crippen MR) is 130 cm³/mol. The molecule has 0 heterocycles. The smallest absolute Gasteiger partial charge is 0.264 e. The van der Waals surface area contributed by atoms with Gasteiger partial charge in [0.2, 0.25) is 5.91 Å². The average Bonchev–Trinajstić information content (AvgIpc) is 2.87. The Labute approximate surface area is 200 Å². The van der Waals surface area contributed by atoms with E-state index < -0.39 is 15.9 Å². The van der Waals surface area contributed by atoms with Crippen LogP contribution in [0.2, 0.25) is 0 Å². The molecule has 0 spiro atoms. The van der Waals surface area contributed by atoms with Gasteiger partial charge in [-0.2, -0.15) is 0 Å². The summed E-state index contributed by atoms with van der Waals surface area (Å²) in [5, 5.41) is 2.80. The monoisotopic (exact) mass is 484 g/mol. The van der Waals surface area contributed by atoms with Crippen molar-refractivity contribution in [2.45, 2.75) is 11.3 Å². The zero-order valence-electron chi connectivity index (χ0n) is 19.4. The van der Waals surface area contributed by atoms with E-state index in [1.54, 1.807) is 62.8 Å². The van der Waals surface area contributed by atoms with Gasteiger partial charge in [0.1, 0.15) is 12.3 Å². The van der Waals surface area contributed by atoms with E-state index in [9.17, 15) is 13.2 Å². The van der Waals surface area contributed by atoms with Crippen molar-refractivity contribution in [1.29, 1.82) is 0 Å². The number of nitrogens with one attached hydrogen (secondary N) is 1. The van der Waals surface area contributed by atoms with Crippen LogP contribution in [-0.4, -0.2) is 48.7 Å². The lowest BCUT2D eigenvalue weighted by Crippen LogP contribution is -2.41. The van der Waals surface area contributed by atoms with Gasteiger partial charge in [-0.15, -0.1) is 0 Å². The molecule has 9 heteroatoms. The fourth-order valence-corrected chi connectivity index (χ4v) is 4.79. The molecule has 3 rings (SSSR count). The fraction of sp³-hybridized carbons (Fsp3) is 0.240. The molecule has 0 bridgehead atoms. The van der Waals surface area contributed by atoms with Gasteiger partial charge in [0.25, 0.3) is 10.0 Å². The standard InChI is InChI=1S/C25H28N2O6S/c1-31-21-12-10-20(11-13-21)27(34(29,30)22-7-5-4-6-8-22)18-25(28)26-16-15-19-9-14-23(32-2)24(17-19)33-3/h4-14,17H,15-16,18H2,1-3H3,(H,26,28). The third-order valence-corrected chi connectivity index (χ3v) is 6.95. The Morgan fingerprint density at radius 2 is 1.53 bits per heavy atom. The molecule has 0 atom stereocenters. The van der Waals surface area contributed by atoms with Gasteiger partial charge in [0.05, 0.1) is 31.9 Å². The first kappa shape index (κ1) is 24.9. The molecule has 0 unspecified atom stereocenters. The summed E-state index contributed by atoms with van der Waals surface area (Å²) in [5.41, 5.74) is 1.31. The SMILES string of the molecule is COc1ccc(N(CC(=O)NCCc2ccc(OC)c(OC)c2)S(=O)(=O)c2ccccc2)cc1. The van der Waals surface area contributed by atoms with E-state index in [1.165, 1.54) is 19.2 Å². The average molecular weight is 485 g/mol. The van der Waals surface area contributed by atoms with Crippen molar-refractivity contribution in [1.82, 2.24) is 5.32 Å². The van der Waals surface area contributed by atoms with E-state index >= 15 is 0 Å². The molecule has 0 aliphatic rings. The molecule has 1 amide bonds. The van der Waals surface area contributed by atoms with Crippen LogP contribution in [0.15, 0.2) is 77.7 Å². The van der Waals surface area contributed by atoms with Gasteiger partial charge in [-0.25, -0.2) is 8.42 Å². The Kier molecular flexibility index (Phi) is 8.37. The summed E-state index contributed by atoms with van der Waals surface area (Å²) in [6.45, 7) is -0.0361. The maximum absolute atomic E-state index is 13.3. The zero-order chi connectivity index (χ0) is 24.6. The summed E-state index contributed by atoms with van der Waals surface area (Å²) in [6, 6.07) is 20.1. The Morgan fingerprint density at radius 3 is 2.15 bits per heavy atom. The largest absolute Gasteiger partial charge is 0.497 e. The summed E-state index contributed by atoms with van der Waals surface area (Å²) in [7, 11) is 0.691. The first-order chi connectivity index (χ1) is 16.4. The quantitative estimate of drug-likeness (QED) is 0.449. The molecule has 0 saturated heterocycles. The van der Waals surface area contributed by atoms with Crippen LogP contribution in [0.5, 0.6) is 17.2 Å². The number of rotatable bonds is 11. The summed E-state index contributed by atoms with van der Waals surface area (Å²) in [6.07, 6.45) is 0.542. The maximum Gasteiger partial charge on any atom is 0.264 e. The molecule has 0 saturated carbocycles. The van der Waals surface area contributed by atoms with Gasteiger partial charge < -0.3 is 19.5 Å². The minimum Gasteiger partial charge on any atom is -0.497 e. The van der Waals surface area contributed by atoms with Gasteiger partial charge in [-0.1, -0.05) is 24.3 Å². The number of nitrogens with zero attached hydrogens (tertiary/aromatic N) is 1. The van der Waals surface area contributed by atoms with Crippen LogP contribution in [0.3, 0.4) is 0 Å². The normalized spacial score (nSPS) is 10.9. The number of amides is 1. The van der Waals surface area contributed by atoms with E-state index in [2.05, 4.69) is 5.32 Å². The molecular formula is C25H28N2O6S. The van der Waals surface area contributed by atoms with Gasteiger partial charge in [-0.3, -0.25) is 9.10 Å². The third kappa shape index (κ3) is 5.99. The molecule has 0 fully saturated rings. The van der Waals surface area contributed by atoms with Gasteiger partial charge in [0, 0.05) is 6.54 Å². The highest BCUT2D eigenvalue weighted by atomic mass is 32.2. The van der Waals surface area contributed by atoms with E-state index in [0.29, 0.717) is 35.9 Å².